The normalized spacial score (nSPS) is 18.0. The number of hydrogen-bond acceptors (Lipinski definition) is 4. The first-order chi connectivity index (χ1) is 11.3. The number of carbonyl (C=O) groups is 1. The maximum Gasteiger partial charge on any atom is 0.410 e. The first-order valence-electron chi connectivity index (χ1n) is 8.39. The minimum absolute atomic E-state index is 0.227. The summed E-state index contributed by atoms with van der Waals surface area (Å²) in [7, 11) is 2.08. The molecular formula is C19H25N3O2. The highest BCUT2D eigenvalue weighted by Gasteiger charge is 2.32. The molecule has 24 heavy (non-hydrogen) atoms. The molecule has 1 aliphatic heterocycles. The van der Waals surface area contributed by atoms with E-state index in [1.54, 1.807) is 4.90 Å². The smallest absolute Gasteiger partial charge is 0.410 e. The minimum atomic E-state index is -0.458. The predicted molar refractivity (Wildman–Crippen MR) is 96.4 cm³/mol. The molecule has 1 aliphatic rings. The SMILES string of the molecule is CN(c1cncc2ccccc12)[C@H]1CCN(C(=O)OC(C)(C)C)C1. The Morgan fingerprint density at radius 2 is 2.04 bits per heavy atom. The lowest BCUT2D eigenvalue weighted by Crippen LogP contribution is -2.39. The lowest BCUT2D eigenvalue weighted by atomic mass is 10.1. The molecule has 3 rings (SSSR count). The zero-order valence-electron chi connectivity index (χ0n) is 14.8. The van der Waals surface area contributed by atoms with Crippen LogP contribution in [0.3, 0.4) is 0 Å². The largest absolute Gasteiger partial charge is 0.444 e. The van der Waals surface area contributed by atoms with E-state index in [0.717, 1.165) is 24.0 Å². The first kappa shape index (κ1) is 16.6. The van der Waals surface area contributed by atoms with Gasteiger partial charge in [-0.2, -0.15) is 0 Å². The van der Waals surface area contributed by atoms with Gasteiger partial charge >= 0.3 is 6.09 Å². The van der Waals surface area contributed by atoms with Gasteiger partial charge in [-0.15, -0.1) is 0 Å². The number of benzene rings is 1. The van der Waals surface area contributed by atoms with E-state index in [1.165, 1.54) is 5.39 Å². The van der Waals surface area contributed by atoms with Gasteiger partial charge in [-0.3, -0.25) is 4.98 Å². The van der Waals surface area contributed by atoms with Crippen LogP contribution >= 0.6 is 0 Å². The number of nitrogens with zero attached hydrogens (tertiary/aromatic N) is 3. The lowest BCUT2D eigenvalue weighted by molar-refractivity contribution is 0.0292. The third kappa shape index (κ3) is 3.45. The van der Waals surface area contributed by atoms with Gasteiger partial charge < -0.3 is 14.5 Å². The number of fused-ring (bicyclic) bond motifs is 1. The molecule has 2 aromatic rings. The number of likely N-dealkylation sites (N-methyl/N-ethyl adjacent to an activating group) is 1. The lowest BCUT2D eigenvalue weighted by Gasteiger charge is -2.28. The van der Waals surface area contributed by atoms with Crippen LogP contribution in [-0.4, -0.2) is 47.8 Å². The Hall–Kier alpha value is -2.30. The van der Waals surface area contributed by atoms with Gasteiger partial charge in [0.05, 0.1) is 11.9 Å². The molecule has 0 unspecified atom stereocenters. The van der Waals surface area contributed by atoms with Crippen LogP contribution in [0.25, 0.3) is 10.8 Å². The van der Waals surface area contributed by atoms with E-state index in [2.05, 4.69) is 29.1 Å². The summed E-state index contributed by atoms with van der Waals surface area (Å²) < 4.78 is 5.48. The maximum absolute atomic E-state index is 12.3. The van der Waals surface area contributed by atoms with Gasteiger partial charge in [-0.25, -0.2) is 4.79 Å². The molecule has 5 heteroatoms. The summed E-state index contributed by atoms with van der Waals surface area (Å²) in [6.45, 7) is 7.09. The fraction of sp³-hybridized carbons (Fsp3) is 0.474. The summed E-state index contributed by atoms with van der Waals surface area (Å²) >= 11 is 0. The summed E-state index contributed by atoms with van der Waals surface area (Å²) in [6, 6.07) is 8.52. The number of amides is 1. The fourth-order valence-electron chi connectivity index (χ4n) is 3.13. The molecule has 1 saturated heterocycles. The van der Waals surface area contributed by atoms with Crippen LogP contribution in [0.15, 0.2) is 36.7 Å². The van der Waals surface area contributed by atoms with Crippen LogP contribution in [0.2, 0.25) is 0 Å². The summed E-state index contributed by atoms with van der Waals surface area (Å²) in [5.41, 5.74) is 0.643. The molecular weight excluding hydrogens is 302 g/mol. The quantitative estimate of drug-likeness (QED) is 0.844. The highest BCUT2D eigenvalue weighted by molar-refractivity contribution is 5.93. The van der Waals surface area contributed by atoms with Gasteiger partial charge in [0, 0.05) is 43.1 Å². The van der Waals surface area contributed by atoms with E-state index in [4.69, 9.17) is 4.74 Å². The van der Waals surface area contributed by atoms with Crippen LogP contribution in [0.4, 0.5) is 10.5 Å². The number of aromatic nitrogens is 1. The number of pyridine rings is 1. The molecule has 1 fully saturated rings. The molecule has 1 amide bonds. The van der Waals surface area contributed by atoms with Crippen LogP contribution in [0, 0.1) is 0 Å². The monoisotopic (exact) mass is 327 g/mol. The van der Waals surface area contributed by atoms with Crippen molar-refractivity contribution in [2.45, 2.75) is 38.8 Å². The summed E-state index contributed by atoms with van der Waals surface area (Å²) in [4.78, 5) is 20.6. The van der Waals surface area contributed by atoms with E-state index < -0.39 is 5.60 Å². The Balaban J connectivity index is 1.74. The van der Waals surface area contributed by atoms with Gasteiger partial charge in [-0.1, -0.05) is 24.3 Å². The molecule has 128 valence electrons. The number of carbonyl (C=O) groups excluding carboxylic acids is 1. The Morgan fingerprint density at radius 3 is 2.79 bits per heavy atom. The van der Waals surface area contributed by atoms with Crippen LogP contribution in [0.1, 0.15) is 27.2 Å². The van der Waals surface area contributed by atoms with E-state index >= 15 is 0 Å². The van der Waals surface area contributed by atoms with E-state index in [9.17, 15) is 4.79 Å². The fourth-order valence-corrected chi connectivity index (χ4v) is 3.13. The molecule has 1 aromatic heterocycles. The average molecular weight is 327 g/mol. The number of anilines is 1. The van der Waals surface area contributed by atoms with Gasteiger partial charge in [-0.05, 0) is 27.2 Å². The Bertz CT molecular complexity index is 733. The second kappa shape index (κ2) is 6.30. The Labute approximate surface area is 143 Å². The van der Waals surface area contributed by atoms with Crippen molar-refractivity contribution in [2.24, 2.45) is 0 Å². The summed E-state index contributed by atoms with van der Waals surface area (Å²) in [5.74, 6) is 0. The van der Waals surface area contributed by atoms with E-state index in [0.29, 0.717) is 6.54 Å². The summed E-state index contributed by atoms with van der Waals surface area (Å²) in [5, 5.41) is 2.31. The molecule has 0 N–H and O–H groups in total. The third-order valence-electron chi connectivity index (χ3n) is 4.39. The van der Waals surface area contributed by atoms with Crippen LogP contribution in [0.5, 0.6) is 0 Å². The molecule has 0 aliphatic carbocycles. The maximum atomic E-state index is 12.3. The highest BCUT2D eigenvalue weighted by Crippen LogP contribution is 2.28. The number of ether oxygens (including phenoxy) is 1. The molecule has 1 aromatic carbocycles. The van der Waals surface area contributed by atoms with Crippen molar-refractivity contribution in [3.8, 4) is 0 Å². The Morgan fingerprint density at radius 1 is 1.29 bits per heavy atom. The first-order valence-corrected chi connectivity index (χ1v) is 8.39. The minimum Gasteiger partial charge on any atom is -0.444 e. The molecule has 1 atom stereocenters. The second-order valence-corrected chi connectivity index (χ2v) is 7.36. The van der Waals surface area contributed by atoms with Crippen molar-refractivity contribution >= 4 is 22.6 Å². The molecule has 2 heterocycles. The Kier molecular flexibility index (Phi) is 4.35. The predicted octanol–water partition coefficient (Wildman–Crippen LogP) is 3.68. The van der Waals surface area contributed by atoms with Gasteiger partial charge in [0.25, 0.3) is 0 Å². The van der Waals surface area contributed by atoms with Crippen molar-refractivity contribution in [1.82, 2.24) is 9.88 Å². The molecule has 0 spiro atoms. The summed E-state index contributed by atoms with van der Waals surface area (Å²) in [6.07, 6.45) is 4.49. The van der Waals surface area contributed by atoms with Gasteiger partial charge in [0.15, 0.2) is 0 Å². The zero-order valence-corrected chi connectivity index (χ0v) is 14.8. The van der Waals surface area contributed by atoms with Gasteiger partial charge in [0.2, 0.25) is 0 Å². The van der Waals surface area contributed by atoms with E-state index in [1.807, 2.05) is 45.3 Å². The third-order valence-corrected chi connectivity index (χ3v) is 4.39. The second-order valence-electron chi connectivity index (χ2n) is 7.36. The topological polar surface area (TPSA) is 45.7 Å². The van der Waals surface area contributed by atoms with Crippen LogP contribution < -0.4 is 4.90 Å². The number of rotatable bonds is 2. The molecule has 0 bridgehead atoms. The van der Waals surface area contributed by atoms with Crippen molar-refractivity contribution < 1.29 is 9.53 Å². The average Bonchev–Trinajstić information content (AvgIpc) is 3.02. The standard InChI is InChI=1S/C19H25N3O2/c1-19(2,3)24-18(23)22-10-9-15(13-22)21(4)17-12-20-11-14-7-5-6-8-16(14)17/h5-8,11-12,15H,9-10,13H2,1-4H3/t15-/m0/s1. The number of hydrogen-bond donors (Lipinski definition) is 0. The zero-order chi connectivity index (χ0) is 17.3. The van der Waals surface area contributed by atoms with Gasteiger partial charge in [0.1, 0.15) is 5.60 Å². The van der Waals surface area contributed by atoms with E-state index in [-0.39, 0.29) is 12.1 Å². The molecule has 0 radical (unpaired) electrons. The van der Waals surface area contributed by atoms with Crippen molar-refractivity contribution in [3.05, 3.63) is 36.7 Å². The number of likely N-dealkylation sites (tertiary alicyclic amines) is 1. The van der Waals surface area contributed by atoms with Crippen molar-refractivity contribution in [2.75, 3.05) is 25.0 Å². The van der Waals surface area contributed by atoms with Crippen molar-refractivity contribution in [3.63, 3.8) is 0 Å². The van der Waals surface area contributed by atoms with Crippen LogP contribution in [-0.2, 0) is 4.74 Å². The molecule has 5 nitrogen and oxygen atoms in total. The van der Waals surface area contributed by atoms with Crippen molar-refractivity contribution in [1.29, 1.82) is 0 Å². The highest BCUT2D eigenvalue weighted by atomic mass is 16.6. The molecule has 0 saturated carbocycles.